The largest absolute Gasteiger partial charge is 0.330 e. The zero-order chi connectivity index (χ0) is 13.0. The van der Waals surface area contributed by atoms with Gasteiger partial charge in [0.1, 0.15) is 11.6 Å². The van der Waals surface area contributed by atoms with Crippen LogP contribution in [0.25, 0.3) is 5.69 Å². The third kappa shape index (κ3) is 2.76. The van der Waals surface area contributed by atoms with Crippen molar-refractivity contribution in [1.29, 1.82) is 0 Å². The number of unbranched alkanes of at least 4 members (excludes halogenated alkanes) is 1. The molecule has 1 aromatic carbocycles. The van der Waals surface area contributed by atoms with Crippen LogP contribution in [-0.2, 0) is 6.42 Å². The van der Waals surface area contributed by atoms with Crippen molar-refractivity contribution in [3.63, 3.8) is 0 Å². The van der Waals surface area contributed by atoms with Gasteiger partial charge >= 0.3 is 0 Å². The molecule has 0 aliphatic heterocycles. The molecule has 2 N–H and O–H groups in total. The first-order chi connectivity index (χ1) is 8.72. The highest BCUT2D eigenvalue weighted by atomic mass is 19.1. The second kappa shape index (κ2) is 5.78. The van der Waals surface area contributed by atoms with Gasteiger partial charge in [0, 0.05) is 12.4 Å². The van der Waals surface area contributed by atoms with Gasteiger partial charge in [-0.1, -0.05) is 6.07 Å². The number of nitrogens with zero attached hydrogens (tertiary/aromatic N) is 2. The molecule has 96 valence electrons. The Hall–Kier alpha value is -1.68. The van der Waals surface area contributed by atoms with Gasteiger partial charge in [-0.3, -0.25) is 0 Å². The first kappa shape index (κ1) is 12.8. The molecule has 3 nitrogen and oxygen atoms in total. The van der Waals surface area contributed by atoms with E-state index in [1.54, 1.807) is 23.0 Å². The van der Waals surface area contributed by atoms with E-state index >= 15 is 0 Å². The molecule has 0 unspecified atom stereocenters. The van der Waals surface area contributed by atoms with E-state index in [0.29, 0.717) is 12.2 Å². The molecule has 0 atom stereocenters. The van der Waals surface area contributed by atoms with Crippen molar-refractivity contribution in [2.45, 2.75) is 26.2 Å². The van der Waals surface area contributed by atoms with Gasteiger partial charge in [0.2, 0.25) is 0 Å². The Morgan fingerprint density at radius 1 is 1.33 bits per heavy atom. The van der Waals surface area contributed by atoms with Gasteiger partial charge in [-0.2, -0.15) is 0 Å². The summed E-state index contributed by atoms with van der Waals surface area (Å²) in [7, 11) is 0. The highest BCUT2D eigenvalue weighted by molar-refractivity contribution is 5.37. The fourth-order valence-corrected chi connectivity index (χ4v) is 2.01. The maximum atomic E-state index is 14.0. The summed E-state index contributed by atoms with van der Waals surface area (Å²) in [6, 6.07) is 5.38. The number of imidazole rings is 1. The third-order valence-corrected chi connectivity index (χ3v) is 3.02. The minimum atomic E-state index is -0.207. The molecule has 0 aliphatic carbocycles. The summed E-state index contributed by atoms with van der Waals surface area (Å²) in [5, 5.41) is 0. The highest BCUT2D eigenvalue weighted by Gasteiger charge is 2.07. The second-order valence-electron chi connectivity index (χ2n) is 4.38. The van der Waals surface area contributed by atoms with Crippen LogP contribution in [0.1, 0.15) is 24.2 Å². The standard InChI is InChI=1S/C14H18FN3/c1-11-17-8-9-18(11)14-6-5-12(10-13(14)15)4-2-3-7-16/h5-6,8-10H,2-4,7,16H2,1H3. The van der Waals surface area contributed by atoms with Crippen LogP contribution in [0.5, 0.6) is 0 Å². The van der Waals surface area contributed by atoms with Crippen LogP contribution >= 0.6 is 0 Å². The molecule has 4 heteroatoms. The molecule has 0 amide bonds. The fraction of sp³-hybridized carbons (Fsp3) is 0.357. The number of benzene rings is 1. The zero-order valence-corrected chi connectivity index (χ0v) is 10.6. The first-order valence-electron chi connectivity index (χ1n) is 6.21. The van der Waals surface area contributed by atoms with Crippen molar-refractivity contribution >= 4 is 0 Å². The van der Waals surface area contributed by atoms with Crippen molar-refractivity contribution in [3.05, 3.63) is 47.8 Å². The van der Waals surface area contributed by atoms with Crippen molar-refractivity contribution in [1.82, 2.24) is 9.55 Å². The quantitative estimate of drug-likeness (QED) is 0.825. The highest BCUT2D eigenvalue weighted by Crippen LogP contribution is 2.17. The summed E-state index contributed by atoms with van der Waals surface area (Å²) in [5.41, 5.74) is 7.01. The van der Waals surface area contributed by atoms with Crippen LogP contribution in [0.3, 0.4) is 0 Å². The van der Waals surface area contributed by atoms with Gasteiger partial charge in [-0.25, -0.2) is 9.37 Å². The molecule has 0 radical (unpaired) electrons. The van der Waals surface area contributed by atoms with Gasteiger partial charge in [0.05, 0.1) is 5.69 Å². The van der Waals surface area contributed by atoms with Crippen molar-refractivity contribution < 1.29 is 4.39 Å². The van der Waals surface area contributed by atoms with Crippen LogP contribution < -0.4 is 5.73 Å². The smallest absolute Gasteiger partial charge is 0.147 e. The normalized spacial score (nSPS) is 10.8. The molecule has 2 rings (SSSR count). The molecule has 1 heterocycles. The van der Waals surface area contributed by atoms with E-state index in [2.05, 4.69) is 4.98 Å². The van der Waals surface area contributed by atoms with E-state index in [9.17, 15) is 4.39 Å². The predicted molar refractivity (Wildman–Crippen MR) is 70.3 cm³/mol. The van der Waals surface area contributed by atoms with Gasteiger partial charge in [-0.05, 0) is 50.4 Å². The average molecular weight is 247 g/mol. The van der Waals surface area contributed by atoms with E-state index in [1.807, 2.05) is 19.1 Å². The van der Waals surface area contributed by atoms with Gasteiger partial charge in [-0.15, -0.1) is 0 Å². The van der Waals surface area contributed by atoms with Crippen molar-refractivity contribution in [3.8, 4) is 5.69 Å². The summed E-state index contributed by atoms with van der Waals surface area (Å²) in [6.45, 7) is 2.55. The fourth-order valence-electron chi connectivity index (χ4n) is 2.01. The second-order valence-corrected chi connectivity index (χ2v) is 4.38. The van der Waals surface area contributed by atoms with E-state index < -0.39 is 0 Å². The maximum Gasteiger partial charge on any atom is 0.147 e. The Morgan fingerprint density at radius 2 is 2.17 bits per heavy atom. The van der Waals surface area contributed by atoms with Crippen molar-refractivity contribution in [2.24, 2.45) is 5.73 Å². The van der Waals surface area contributed by atoms with Crippen LogP contribution in [-0.4, -0.2) is 16.1 Å². The molecular formula is C14H18FN3. The Balaban J connectivity index is 2.18. The molecule has 1 aromatic heterocycles. The van der Waals surface area contributed by atoms with E-state index in [1.165, 1.54) is 0 Å². The summed E-state index contributed by atoms with van der Waals surface area (Å²) in [6.07, 6.45) is 6.28. The lowest BCUT2D eigenvalue weighted by molar-refractivity contribution is 0.612. The number of halogens is 1. The topological polar surface area (TPSA) is 43.8 Å². The maximum absolute atomic E-state index is 14.0. The molecule has 0 fully saturated rings. The Morgan fingerprint density at radius 3 is 2.78 bits per heavy atom. The first-order valence-corrected chi connectivity index (χ1v) is 6.21. The average Bonchev–Trinajstić information content (AvgIpc) is 2.76. The van der Waals surface area contributed by atoms with E-state index in [4.69, 9.17) is 5.73 Å². The molecule has 0 saturated carbocycles. The molecule has 2 aromatic rings. The number of hydrogen-bond acceptors (Lipinski definition) is 2. The monoisotopic (exact) mass is 247 g/mol. The minimum absolute atomic E-state index is 0.207. The number of aryl methyl sites for hydroxylation is 2. The number of hydrogen-bond donors (Lipinski definition) is 1. The minimum Gasteiger partial charge on any atom is -0.330 e. The van der Waals surface area contributed by atoms with Crippen LogP contribution in [0, 0.1) is 12.7 Å². The van der Waals surface area contributed by atoms with Gasteiger partial charge in [0.25, 0.3) is 0 Å². The summed E-state index contributed by atoms with van der Waals surface area (Å²) in [5.74, 6) is 0.575. The zero-order valence-electron chi connectivity index (χ0n) is 10.6. The molecule has 0 bridgehead atoms. The van der Waals surface area contributed by atoms with Gasteiger partial charge in [0.15, 0.2) is 0 Å². The Labute approximate surface area is 106 Å². The molecule has 0 aliphatic rings. The predicted octanol–water partition coefficient (Wildman–Crippen LogP) is 2.60. The SMILES string of the molecule is Cc1nccn1-c1ccc(CCCCN)cc1F. The third-order valence-electron chi connectivity index (χ3n) is 3.02. The Kier molecular flexibility index (Phi) is 4.10. The number of rotatable bonds is 5. The molecule has 18 heavy (non-hydrogen) atoms. The lowest BCUT2D eigenvalue weighted by atomic mass is 10.1. The summed E-state index contributed by atoms with van der Waals surface area (Å²) >= 11 is 0. The van der Waals surface area contributed by atoms with Crippen LogP contribution in [0.4, 0.5) is 4.39 Å². The molecule has 0 saturated heterocycles. The van der Waals surface area contributed by atoms with Crippen LogP contribution in [0.15, 0.2) is 30.6 Å². The van der Waals surface area contributed by atoms with E-state index in [0.717, 1.165) is 30.7 Å². The van der Waals surface area contributed by atoms with Crippen LogP contribution in [0.2, 0.25) is 0 Å². The number of nitrogens with two attached hydrogens (primary N) is 1. The lowest BCUT2D eigenvalue weighted by Crippen LogP contribution is -2.01. The summed E-state index contributed by atoms with van der Waals surface area (Å²) in [4.78, 5) is 4.10. The molecule has 0 spiro atoms. The van der Waals surface area contributed by atoms with E-state index in [-0.39, 0.29) is 5.82 Å². The Bertz CT molecular complexity index is 520. The lowest BCUT2D eigenvalue weighted by Gasteiger charge is -2.08. The molecular weight excluding hydrogens is 229 g/mol. The number of aromatic nitrogens is 2. The van der Waals surface area contributed by atoms with Crippen molar-refractivity contribution in [2.75, 3.05) is 6.54 Å². The summed E-state index contributed by atoms with van der Waals surface area (Å²) < 4.78 is 15.8. The van der Waals surface area contributed by atoms with Gasteiger partial charge < -0.3 is 10.3 Å².